The maximum absolute atomic E-state index is 6.66. The molecular weight excluding hydrogens is 2020 g/mol. The van der Waals surface area contributed by atoms with Crippen molar-refractivity contribution in [3.8, 4) is 147 Å². The molecule has 6 bridgehead atoms. The van der Waals surface area contributed by atoms with Crippen LogP contribution in [-0.2, 0) is 31.9 Å². The van der Waals surface area contributed by atoms with Gasteiger partial charge >= 0.3 is 0 Å². The van der Waals surface area contributed by atoms with Crippen LogP contribution in [0.2, 0.25) is 0 Å². The number of benzene rings is 22. The van der Waals surface area contributed by atoms with Gasteiger partial charge in [-0.25, -0.2) is 5.56 Å². The van der Waals surface area contributed by atoms with Gasteiger partial charge in [-0.15, -0.1) is 53.8 Å². The van der Waals surface area contributed by atoms with Crippen molar-refractivity contribution >= 4 is 137 Å². The molecule has 0 fully saturated rings. The molecule has 0 radical (unpaired) electrons. The largest absolute Gasteiger partial charge is 0.504 e. The Kier molecular flexibility index (Phi) is 19.9. The number of nitrogens with zero attached hydrogens (tertiary/aromatic N) is 5. The first-order chi connectivity index (χ1) is 72.8. The SMILES string of the molecule is CC1(C)c2ccccc2-c2cc(N(c3cccc(-c4cccc5ccccc45)c3)c3ccc4c5c3c3cccc6c3n5-c3c(cccc3O4)O6)ccc21.CC1(C)c2ccccc2-c2cc(N(c3ccccc3)c3ccc(-c4cc5c6c(c4)c4cccc7c4n6-c4c(cccc4O5)O7)cc3)ccc21.[W].[c-]1c2cccc1Oc1[c-]c(c(N(c3cccc(-c4ccccc4)c3)c3ccc4sc5ccccc5c4c3)cc1)-c1[c-]c(ccc1)O2. The zero-order chi connectivity index (χ0) is 97.9. The Morgan fingerprint density at radius 3 is 1.37 bits per heavy atom. The quantitative estimate of drug-likeness (QED) is 0.111. The Morgan fingerprint density at radius 2 is 0.671 bits per heavy atom. The Bertz CT molecular complexity index is 9920. The number of ether oxygens (including phenoxy) is 6. The number of para-hydroxylation sites is 5. The second-order valence-corrected chi connectivity index (χ2v) is 40.9. The molecule has 0 N–H and O–H groups in total. The van der Waals surface area contributed by atoms with Crippen molar-refractivity contribution in [2.75, 3.05) is 14.7 Å². The summed E-state index contributed by atoms with van der Waals surface area (Å²) in [5.41, 5.74) is 35.0. The molecule has 7 aliphatic rings. The monoisotopic (exact) mass is 2100 g/mol. The molecule has 8 heterocycles. The molecule has 11 nitrogen and oxygen atoms in total. The standard InChI is InChI=1S/C49H32N2O2.C45H30N2O2.C42H24NO2S.W/c1-49(2)38-19-6-5-16-35(38)37-28-32(23-24-39(37)49)50(31-14-7-13-30(27-31)34-17-8-12-29-11-3-4-15-33(29)34)40-25-26-44-48-45(40)36-18-9-20-41-46(36)51(48)47-42(52-41)21-10-22-43(47)53-44;1-45(2)36-14-7-6-12-32(36)34-26-31(22-23-37(34)45)46(29-10-4-3-5-11-29)30-20-18-27(19-21-30)28-24-35-33-13-8-15-38-42(33)47-43(35)41(25-28)49-40-17-9-16-39(48-38)44(40)47;1-2-9-28(10-3-1)29-11-6-13-31(23-29)43(32-19-22-42-39(25-32)37-17-4-5-18-41(37)46-42)40-21-20-36-27-38(40)30-12-7-14-33(24-30)44-34-15-8-16-35(26-34)45-36;/h3-28H,1-2H3;3-26H,1-2H3;1-23,25H;/q;;-3;. The molecule has 706 valence electrons. The van der Waals surface area contributed by atoms with Crippen molar-refractivity contribution in [3.63, 3.8) is 0 Å². The molecule has 149 heavy (non-hydrogen) atoms. The first-order valence-corrected chi connectivity index (χ1v) is 51.0. The molecule has 32 rings (SSSR count). The average Bonchev–Trinajstić information content (AvgIpc) is 1.53. The van der Waals surface area contributed by atoms with Gasteiger partial charge in [-0.1, -0.05) is 282 Å². The fourth-order valence-corrected chi connectivity index (χ4v) is 25.0. The summed E-state index contributed by atoms with van der Waals surface area (Å²) < 4.78 is 45.8. The van der Waals surface area contributed by atoms with E-state index in [1.54, 1.807) is 0 Å². The van der Waals surface area contributed by atoms with Crippen LogP contribution in [0.5, 0.6) is 69.0 Å². The zero-order valence-corrected chi connectivity index (χ0v) is 85.0. The molecule has 0 atom stereocenters. The predicted octanol–water partition coefficient (Wildman–Crippen LogP) is 38.2. The average molecular weight is 2100 g/mol. The van der Waals surface area contributed by atoms with Crippen molar-refractivity contribution < 1.29 is 49.5 Å². The number of hydrogen-bond acceptors (Lipinski definition) is 10. The smallest absolute Gasteiger partial charge is 0.155 e. The summed E-state index contributed by atoms with van der Waals surface area (Å²) in [7, 11) is 0. The van der Waals surface area contributed by atoms with Gasteiger partial charge in [0.25, 0.3) is 0 Å². The fourth-order valence-electron chi connectivity index (χ4n) is 23.9. The van der Waals surface area contributed by atoms with Gasteiger partial charge in [-0.3, -0.25) is 9.13 Å². The third-order valence-electron chi connectivity index (χ3n) is 30.7. The van der Waals surface area contributed by atoms with E-state index in [0.717, 1.165) is 186 Å². The Labute approximate surface area is 878 Å². The maximum Gasteiger partial charge on any atom is 0.155 e. The van der Waals surface area contributed by atoms with Crippen molar-refractivity contribution in [3.05, 3.63) is 489 Å². The van der Waals surface area contributed by atoms with E-state index >= 15 is 0 Å². The second-order valence-electron chi connectivity index (χ2n) is 39.8. The van der Waals surface area contributed by atoms with E-state index in [1.165, 1.54) is 86.6 Å². The zero-order valence-electron chi connectivity index (χ0n) is 81.2. The first kappa shape index (κ1) is 87.4. The van der Waals surface area contributed by atoms with E-state index < -0.39 is 0 Å². The van der Waals surface area contributed by atoms with Crippen LogP contribution in [0.1, 0.15) is 49.9 Å². The molecule has 0 saturated heterocycles. The minimum atomic E-state index is -0.0863. The van der Waals surface area contributed by atoms with Crippen molar-refractivity contribution in [1.29, 1.82) is 0 Å². The summed E-state index contributed by atoms with van der Waals surface area (Å²) in [6.07, 6.45) is 0. The number of aromatic nitrogens is 2. The van der Waals surface area contributed by atoms with Crippen LogP contribution >= 0.6 is 11.3 Å². The van der Waals surface area contributed by atoms with Gasteiger partial charge in [0.05, 0.1) is 27.8 Å². The Morgan fingerprint density at radius 1 is 0.235 bits per heavy atom. The summed E-state index contributed by atoms with van der Waals surface area (Å²) in [6, 6.07) is 170. The second kappa shape index (κ2) is 34.0. The number of rotatable bonds is 12. The van der Waals surface area contributed by atoms with Gasteiger partial charge in [0.1, 0.15) is 11.4 Å². The summed E-state index contributed by atoms with van der Waals surface area (Å²) in [4.78, 5) is 7.10. The molecule has 0 spiro atoms. The molecule has 13 heteroatoms. The van der Waals surface area contributed by atoms with Crippen LogP contribution < -0.4 is 43.1 Å². The van der Waals surface area contributed by atoms with Crippen molar-refractivity contribution in [1.82, 2.24) is 9.13 Å². The van der Waals surface area contributed by atoms with Crippen LogP contribution in [0.4, 0.5) is 51.2 Å². The van der Waals surface area contributed by atoms with E-state index in [2.05, 4.69) is 428 Å². The van der Waals surface area contributed by atoms with Gasteiger partial charge in [0.2, 0.25) is 0 Å². The van der Waals surface area contributed by atoms with Crippen LogP contribution in [0.3, 0.4) is 0 Å². The fraction of sp³-hybridized carbons (Fsp3) is 0.0441. The molecule has 25 aromatic rings. The van der Waals surface area contributed by atoms with Crippen molar-refractivity contribution in [2.45, 2.75) is 38.5 Å². The summed E-state index contributed by atoms with van der Waals surface area (Å²) in [5.74, 6) is 8.96. The molecule has 22 aromatic carbocycles. The third-order valence-corrected chi connectivity index (χ3v) is 31.8. The maximum atomic E-state index is 6.66. The Balaban J connectivity index is 0.000000105. The normalized spacial score (nSPS) is 13.2. The van der Waals surface area contributed by atoms with Gasteiger partial charge < -0.3 is 43.1 Å². The summed E-state index contributed by atoms with van der Waals surface area (Å²) >= 11 is 1.82. The molecule has 0 unspecified atom stereocenters. The van der Waals surface area contributed by atoms with Gasteiger partial charge in [0.15, 0.2) is 46.0 Å². The molecule has 5 aliphatic heterocycles. The van der Waals surface area contributed by atoms with Crippen LogP contribution in [0.15, 0.2) is 449 Å². The van der Waals surface area contributed by atoms with Gasteiger partial charge in [-0.2, -0.15) is 23.8 Å². The number of fused-ring (bicyclic) bond motifs is 19. The van der Waals surface area contributed by atoms with E-state index in [1.807, 2.05) is 102 Å². The molecule has 0 amide bonds. The van der Waals surface area contributed by atoms with E-state index in [4.69, 9.17) is 28.4 Å². The van der Waals surface area contributed by atoms with Gasteiger partial charge in [0, 0.05) is 136 Å². The molecular formula is C136H86N5O6SW-3. The topological polar surface area (TPSA) is 75.0 Å². The van der Waals surface area contributed by atoms with Crippen LogP contribution in [0.25, 0.3) is 153 Å². The summed E-state index contributed by atoms with van der Waals surface area (Å²) in [6.45, 7) is 9.34. The predicted molar refractivity (Wildman–Crippen MR) is 603 cm³/mol. The summed E-state index contributed by atoms with van der Waals surface area (Å²) in [5, 5.41) is 9.54. The molecule has 3 aromatic heterocycles. The number of thiophene rings is 1. The molecule has 0 saturated carbocycles. The van der Waals surface area contributed by atoms with Crippen LogP contribution in [0, 0.1) is 18.2 Å². The minimum Gasteiger partial charge on any atom is -0.504 e. The van der Waals surface area contributed by atoms with Crippen molar-refractivity contribution in [2.24, 2.45) is 0 Å². The van der Waals surface area contributed by atoms with Crippen LogP contribution in [-0.4, -0.2) is 9.13 Å². The van der Waals surface area contributed by atoms with Gasteiger partial charge in [-0.05, 0) is 246 Å². The number of anilines is 9. The van der Waals surface area contributed by atoms with E-state index in [9.17, 15) is 0 Å². The van der Waals surface area contributed by atoms with E-state index in [-0.39, 0.29) is 31.9 Å². The molecule has 2 aliphatic carbocycles. The third kappa shape index (κ3) is 13.9. The van der Waals surface area contributed by atoms with E-state index in [0.29, 0.717) is 23.0 Å². The first-order valence-electron chi connectivity index (χ1n) is 50.2. The minimum absolute atomic E-state index is 0. The Hall–Kier alpha value is -18.2. The number of hydrogen-bond donors (Lipinski definition) is 0.